The van der Waals surface area contributed by atoms with Gasteiger partial charge < -0.3 is 10.2 Å². The van der Waals surface area contributed by atoms with Crippen LogP contribution < -0.4 is 5.32 Å². The number of halogens is 3. The Balaban J connectivity index is 1.42. The van der Waals surface area contributed by atoms with Crippen molar-refractivity contribution in [2.75, 3.05) is 32.7 Å². The molecule has 2 aromatic carbocycles. The van der Waals surface area contributed by atoms with E-state index in [4.69, 9.17) is 0 Å². The highest BCUT2D eigenvalue weighted by Gasteiger charge is 2.30. The molecular weight excluding hydrogens is 407 g/mol. The van der Waals surface area contributed by atoms with Gasteiger partial charge in [0.05, 0.1) is 12.1 Å². The summed E-state index contributed by atoms with van der Waals surface area (Å²) in [6.45, 7) is 2.53. The lowest BCUT2D eigenvalue weighted by atomic mass is 9.97. The third kappa shape index (κ3) is 5.25. The second-order valence-electron chi connectivity index (χ2n) is 8.03. The SMILES string of the molecule is O=C(CN1CCN(C(=O)c2ccccc2-c2ccc(C(F)(F)F)cc2)CC1)NC1CC1. The number of hydrogen-bond acceptors (Lipinski definition) is 3. The Morgan fingerprint density at radius 1 is 0.935 bits per heavy atom. The summed E-state index contributed by atoms with van der Waals surface area (Å²) in [7, 11) is 0. The Morgan fingerprint density at radius 2 is 1.58 bits per heavy atom. The highest BCUT2D eigenvalue weighted by Crippen LogP contribution is 2.32. The standard InChI is InChI=1S/C23H24F3N3O2/c24-23(25,26)17-7-5-16(6-8-17)19-3-1-2-4-20(19)22(31)29-13-11-28(12-14-29)15-21(30)27-18-9-10-18/h1-8,18H,9-15H2,(H,27,30). The average Bonchev–Trinajstić information content (AvgIpc) is 3.57. The molecule has 0 atom stereocenters. The minimum absolute atomic E-state index is 0.0231. The predicted molar refractivity (Wildman–Crippen MR) is 110 cm³/mol. The van der Waals surface area contributed by atoms with Crippen LogP contribution in [0.4, 0.5) is 13.2 Å². The summed E-state index contributed by atoms with van der Waals surface area (Å²) in [4.78, 5) is 28.9. The number of amides is 2. The zero-order chi connectivity index (χ0) is 22.0. The quantitative estimate of drug-likeness (QED) is 0.790. The van der Waals surface area contributed by atoms with Crippen LogP contribution in [0.1, 0.15) is 28.8 Å². The van der Waals surface area contributed by atoms with E-state index < -0.39 is 11.7 Å². The first-order valence-corrected chi connectivity index (χ1v) is 10.4. The second-order valence-corrected chi connectivity index (χ2v) is 8.03. The molecule has 1 heterocycles. The summed E-state index contributed by atoms with van der Waals surface area (Å²) in [5, 5.41) is 2.97. The van der Waals surface area contributed by atoms with Gasteiger partial charge in [0.2, 0.25) is 5.91 Å². The van der Waals surface area contributed by atoms with Gasteiger partial charge in [-0.2, -0.15) is 13.2 Å². The zero-order valence-electron chi connectivity index (χ0n) is 17.0. The summed E-state index contributed by atoms with van der Waals surface area (Å²) in [6.07, 6.45) is -2.30. The number of alkyl halides is 3. The topological polar surface area (TPSA) is 52.7 Å². The molecule has 4 rings (SSSR count). The number of nitrogens with one attached hydrogen (secondary N) is 1. The summed E-state index contributed by atoms with van der Waals surface area (Å²) in [6, 6.07) is 12.1. The number of nitrogens with zero attached hydrogens (tertiary/aromatic N) is 2. The van der Waals surface area contributed by atoms with Crippen molar-refractivity contribution in [2.24, 2.45) is 0 Å². The molecule has 8 heteroatoms. The van der Waals surface area contributed by atoms with Crippen LogP contribution in [0.3, 0.4) is 0 Å². The summed E-state index contributed by atoms with van der Waals surface area (Å²) >= 11 is 0. The van der Waals surface area contributed by atoms with Crippen molar-refractivity contribution in [3.05, 3.63) is 59.7 Å². The van der Waals surface area contributed by atoms with Crippen molar-refractivity contribution < 1.29 is 22.8 Å². The van der Waals surface area contributed by atoms with Crippen LogP contribution in [0, 0.1) is 0 Å². The molecule has 1 saturated carbocycles. The molecule has 5 nitrogen and oxygen atoms in total. The largest absolute Gasteiger partial charge is 0.416 e. The van der Waals surface area contributed by atoms with Crippen LogP contribution in [-0.2, 0) is 11.0 Å². The molecule has 0 aromatic heterocycles. The highest BCUT2D eigenvalue weighted by molar-refractivity contribution is 6.01. The summed E-state index contributed by atoms with van der Waals surface area (Å²) < 4.78 is 38.6. The van der Waals surface area contributed by atoms with Gasteiger partial charge in [-0.25, -0.2) is 0 Å². The van der Waals surface area contributed by atoms with Gasteiger partial charge in [-0.15, -0.1) is 0 Å². The number of carbonyl (C=O) groups excluding carboxylic acids is 2. The molecule has 0 bridgehead atoms. The van der Waals surface area contributed by atoms with Crippen molar-refractivity contribution in [2.45, 2.75) is 25.1 Å². The molecular formula is C23H24F3N3O2. The van der Waals surface area contributed by atoms with Gasteiger partial charge in [-0.1, -0.05) is 30.3 Å². The molecule has 2 aliphatic rings. The van der Waals surface area contributed by atoms with Crippen molar-refractivity contribution in [1.29, 1.82) is 0 Å². The molecule has 2 amide bonds. The molecule has 0 radical (unpaired) electrons. The number of rotatable bonds is 5. The van der Waals surface area contributed by atoms with Gasteiger partial charge in [0.1, 0.15) is 0 Å². The van der Waals surface area contributed by atoms with Crippen LogP contribution in [0.25, 0.3) is 11.1 Å². The molecule has 2 fully saturated rings. The van der Waals surface area contributed by atoms with Crippen molar-refractivity contribution in [3.63, 3.8) is 0 Å². The monoisotopic (exact) mass is 431 g/mol. The Labute approximate surface area is 178 Å². The lowest BCUT2D eigenvalue weighted by molar-refractivity contribution is -0.137. The number of piperazine rings is 1. The Kier molecular flexibility index (Phi) is 6.00. The molecule has 1 aliphatic heterocycles. The average molecular weight is 431 g/mol. The van der Waals surface area contributed by atoms with Crippen molar-refractivity contribution >= 4 is 11.8 Å². The zero-order valence-corrected chi connectivity index (χ0v) is 17.0. The van der Waals surface area contributed by atoms with Gasteiger partial charge >= 0.3 is 6.18 Å². The van der Waals surface area contributed by atoms with Gasteiger partial charge in [-0.3, -0.25) is 14.5 Å². The van der Waals surface area contributed by atoms with Gasteiger partial charge in [-0.05, 0) is 42.2 Å². The molecule has 2 aromatic rings. The fourth-order valence-electron chi connectivity index (χ4n) is 3.74. The van der Waals surface area contributed by atoms with E-state index in [0.717, 1.165) is 25.0 Å². The summed E-state index contributed by atoms with van der Waals surface area (Å²) in [5.74, 6) is -0.132. The van der Waals surface area contributed by atoms with Gasteiger partial charge in [0.15, 0.2) is 0 Å². The first kappa shape index (κ1) is 21.4. The Morgan fingerprint density at radius 3 is 2.19 bits per heavy atom. The first-order chi connectivity index (χ1) is 14.8. The third-order valence-corrected chi connectivity index (χ3v) is 5.65. The molecule has 1 aliphatic carbocycles. The minimum Gasteiger partial charge on any atom is -0.352 e. The van der Waals surface area contributed by atoms with E-state index in [2.05, 4.69) is 5.32 Å². The molecule has 1 saturated heterocycles. The maximum absolute atomic E-state index is 13.2. The minimum atomic E-state index is -4.40. The van der Waals surface area contributed by atoms with E-state index in [-0.39, 0.29) is 11.8 Å². The molecule has 0 unspecified atom stereocenters. The van der Waals surface area contributed by atoms with Crippen molar-refractivity contribution in [1.82, 2.24) is 15.1 Å². The van der Waals surface area contributed by atoms with E-state index in [1.165, 1.54) is 12.1 Å². The smallest absolute Gasteiger partial charge is 0.352 e. The molecule has 1 N–H and O–H groups in total. The Bertz CT molecular complexity index is 947. The maximum Gasteiger partial charge on any atom is 0.416 e. The van der Waals surface area contributed by atoms with E-state index in [0.29, 0.717) is 55.5 Å². The van der Waals surface area contributed by atoms with Crippen LogP contribution in [0.15, 0.2) is 48.5 Å². The molecule has 164 valence electrons. The number of hydrogen-bond donors (Lipinski definition) is 1. The lowest BCUT2D eigenvalue weighted by Gasteiger charge is -2.34. The fourth-order valence-corrected chi connectivity index (χ4v) is 3.74. The number of carbonyl (C=O) groups is 2. The van der Waals surface area contributed by atoms with Crippen LogP contribution in [0.5, 0.6) is 0 Å². The van der Waals surface area contributed by atoms with E-state index in [1.54, 1.807) is 29.2 Å². The van der Waals surface area contributed by atoms with E-state index in [1.807, 2.05) is 4.90 Å². The van der Waals surface area contributed by atoms with Crippen LogP contribution in [0.2, 0.25) is 0 Å². The fraction of sp³-hybridized carbons (Fsp3) is 0.391. The van der Waals surface area contributed by atoms with Crippen LogP contribution >= 0.6 is 0 Å². The second kappa shape index (κ2) is 8.70. The van der Waals surface area contributed by atoms with Crippen LogP contribution in [-0.4, -0.2) is 60.4 Å². The Hall–Kier alpha value is -2.87. The van der Waals surface area contributed by atoms with E-state index in [9.17, 15) is 22.8 Å². The lowest BCUT2D eigenvalue weighted by Crippen LogP contribution is -2.51. The highest BCUT2D eigenvalue weighted by atomic mass is 19.4. The van der Waals surface area contributed by atoms with Crippen molar-refractivity contribution in [3.8, 4) is 11.1 Å². The predicted octanol–water partition coefficient (Wildman–Crippen LogP) is 3.41. The first-order valence-electron chi connectivity index (χ1n) is 10.4. The molecule has 0 spiro atoms. The summed E-state index contributed by atoms with van der Waals surface area (Å²) in [5.41, 5.74) is 0.906. The normalized spacial score (nSPS) is 17.5. The van der Waals surface area contributed by atoms with Gasteiger partial charge in [0.25, 0.3) is 5.91 Å². The van der Waals surface area contributed by atoms with Gasteiger partial charge in [0, 0.05) is 37.8 Å². The maximum atomic E-state index is 13.2. The number of benzene rings is 2. The third-order valence-electron chi connectivity index (χ3n) is 5.65. The van der Waals surface area contributed by atoms with E-state index >= 15 is 0 Å². The molecule has 31 heavy (non-hydrogen) atoms.